The van der Waals surface area contributed by atoms with Crippen molar-refractivity contribution < 1.29 is 45.5 Å². The van der Waals surface area contributed by atoms with Gasteiger partial charge in [-0.2, -0.15) is 26.3 Å². The highest BCUT2D eigenvalue weighted by molar-refractivity contribution is 6.00. The van der Waals surface area contributed by atoms with Gasteiger partial charge in [0.2, 0.25) is 5.91 Å². The number of anilines is 1. The lowest BCUT2D eigenvalue weighted by Crippen LogP contribution is -2.27. The first-order chi connectivity index (χ1) is 15.0. The summed E-state index contributed by atoms with van der Waals surface area (Å²) in [6, 6.07) is 5.79. The number of nitrogens with one attached hydrogen (secondary N) is 1. The number of amides is 1. The summed E-state index contributed by atoms with van der Waals surface area (Å²) in [6.07, 6.45) is -10.3. The summed E-state index contributed by atoms with van der Waals surface area (Å²) >= 11 is 0. The number of hydrogen-bond donors (Lipinski definition) is 1. The smallest absolute Gasteiger partial charge is 0.416 e. The van der Waals surface area contributed by atoms with Crippen LogP contribution in [0.3, 0.4) is 0 Å². The number of benzene rings is 2. The van der Waals surface area contributed by atoms with Crippen LogP contribution in [0, 0.1) is 5.41 Å². The highest BCUT2D eigenvalue weighted by atomic mass is 19.4. The normalized spacial score (nSPS) is 12.3. The molecule has 0 aliphatic carbocycles. The average molecular weight is 475 g/mol. The molecule has 2 aromatic rings. The quantitative estimate of drug-likeness (QED) is 0.340. The van der Waals surface area contributed by atoms with Gasteiger partial charge in [0.15, 0.2) is 12.4 Å². The molecule has 1 N–H and O–H groups in total. The molecule has 178 valence electrons. The fourth-order valence-corrected chi connectivity index (χ4v) is 2.43. The Bertz CT molecular complexity index is 1020. The summed E-state index contributed by atoms with van der Waals surface area (Å²) in [5, 5.41) is 2.64. The molecule has 0 spiro atoms. The summed E-state index contributed by atoms with van der Waals surface area (Å²) in [5.74, 6) is -2.54. The predicted molar refractivity (Wildman–Crippen MR) is 106 cm³/mol. The minimum Gasteiger partial charge on any atom is -0.454 e. The van der Waals surface area contributed by atoms with Gasteiger partial charge in [0.25, 0.3) is 0 Å². The first kappa shape index (κ1) is 25.9. The second kappa shape index (κ2) is 9.24. The van der Waals surface area contributed by atoms with Gasteiger partial charge in [-0.05, 0) is 42.5 Å². The third-order valence-corrected chi connectivity index (χ3v) is 4.30. The number of halogens is 6. The molecule has 0 saturated heterocycles. The van der Waals surface area contributed by atoms with Crippen LogP contribution in [0.1, 0.15) is 52.6 Å². The van der Waals surface area contributed by atoms with Crippen LogP contribution in [-0.2, 0) is 21.9 Å². The molecule has 0 bridgehead atoms. The predicted octanol–water partition coefficient (Wildman–Crippen LogP) is 5.75. The van der Waals surface area contributed by atoms with E-state index in [1.807, 2.05) is 0 Å². The zero-order valence-electron chi connectivity index (χ0n) is 17.6. The monoisotopic (exact) mass is 475 g/mol. The lowest BCUT2D eigenvalue weighted by molar-refractivity contribution is -0.143. The topological polar surface area (TPSA) is 72.5 Å². The highest BCUT2D eigenvalue weighted by Gasteiger charge is 2.37. The van der Waals surface area contributed by atoms with Crippen molar-refractivity contribution in [1.29, 1.82) is 0 Å². The van der Waals surface area contributed by atoms with E-state index in [9.17, 15) is 40.7 Å². The van der Waals surface area contributed by atoms with Crippen LogP contribution in [0.25, 0.3) is 0 Å². The van der Waals surface area contributed by atoms with Crippen LogP contribution >= 0.6 is 0 Å². The molecule has 0 unspecified atom stereocenters. The Kier molecular flexibility index (Phi) is 7.25. The number of ether oxygens (including phenoxy) is 1. The summed E-state index contributed by atoms with van der Waals surface area (Å²) in [6.45, 7) is 4.20. The summed E-state index contributed by atoms with van der Waals surface area (Å²) in [5.41, 5.74) is -4.56. The van der Waals surface area contributed by atoms with Gasteiger partial charge in [0.05, 0.1) is 16.7 Å². The fourth-order valence-electron chi connectivity index (χ4n) is 2.43. The molecule has 0 saturated carbocycles. The number of carbonyl (C=O) groups excluding carboxylic acids is 3. The van der Waals surface area contributed by atoms with E-state index in [0.29, 0.717) is 5.69 Å². The zero-order valence-corrected chi connectivity index (χ0v) is 17.6. The zero-order chi connectivity index (χ0) is 25.2. The molecule has 0 fully saturated rings. The van der Waals surface area contributed by atoms with E-state index in [0.717, 1.165) is 0 Å². The van der Waals surface area contributed by atoms with Crippen LogP contribution < -0.4 is 5.32 Å². The van der Waals surface area contributed by atoms with Gasteiger partial charge in [-0.1, -0.05) is 20.8 Å². The van der Waals surface area contributed by atoms with E-state index in [1.54, 1.807) is 20.8 Å². The van der Waals surface area contributed by atoms with Gasteiger partial charge in [0, 0.05) is 16.7 Å². The first-order valence-corrected chi connectivity index (χ1v) is 9.40. The Hall–Kier alpha value is -3.37. The Labute approximate surface area is 184 Å². The van der Waals surface area contributed by atoms with Crippen LogP contribution in [0.15, 0.2) is 42.5 Å². The largest absolute Gasteiger partial charge is 0.454 e. The van der Waals surface area contributed by atoms with Gasteiger partial charge in [-0.3, -0.25) is 9.59 Å². The average Bonchev–Trinajstić information content (AvgIpc) is 2.70. The standard InChI is InChI=1S/C22H19F6NO4/c1-20(2,3)19(32)29-16-6-4-12(5-7-16)17(30)11-33-18(31)13-8-14(21(23,24)25)10-15(9-13)22(26,27)28/h4-10H,11H2,1-3H3,(H,29,32). The van der Waals surface area contributed by atoms with Crippen molar-refractivity contribution in [3.05, 3.63) is 64.7 Å². The van der Waals surface area contributed by atoms with Gasteiger partial charge >= 0.3 is 18.3 Å². The second-order valence-corrected chi connectivity index (χ2v) is 8.08. The van der Waals surface area contributed by atoms with E-state index in [4.69, 9.17) is 0 Å². The van der Waals surface area contributed by atoms with Gasteiger partial charge in [-0.15, -0.1) is 0 Å². The summed E-state index contributed by atoms with van der Waals surface area (Å²) in [7, 11) is 0. The Morgan fingerprint density at radius 2 is 1.27 bits per heavy atom. The van der Waals surface area contributed by atoms with Crippen LogP contribution in [-0.4, -0.2) is 24.3 Å². The minimum absolute atomic E-state index is 0.0524. The molecule has 0 heterocycles. The van der Waals surface area contributed by atoms with Crippen molar-refractivity contribution >= 4 is 23.3 Å². The van der Waals surface area contributed by atoms with Crippen LogP contribution in [0.2, 0.25) is 0 Å². The molecule has 33 heavy (non-hydrogen) atoms. The Morgan fingerprint density at radius 1 is 0.788 bits per heavy atom. The fraction of sp³-hybridized carbons (Fsp3) is 0.318. The minimum atomic E-state index is -5.13. The SMILES string of the molecule is CC(C)(C)C(=O)Nc1ccc(C(=O)COC(=O)c2cc(C(F)(F)F)cc(C(F)(F)F)c2)cc1. The van der Waals surface area contributed by atoms with E-state index in [1.165, 1.54) is 24.3 Å². The number of esters is 1. The number of alkyl halides is 6. The maximum Gasteiger partial charge on any atom is 0.416 e. The van der Waals surface area contributed by atoms with Gasteiger partial charge < -0.3 is 10.1 Å². The van der Waals surface area contributed by atoms with E-state index in [-0.39, 0.29) is 29.7 Å². The highest BCUT2D eigenvalue weighted by Crippen LogP contribution is 2.36. The molecular weight excluding hydrogens is 456 g/mol. The van der Waals surface area contributed by atoms with Crippen LogP contribution in [0.5, 0.6) is 0 Å². The van der Waals surface area contributed by atoms with E-state index < -0.39 is 52.8 Å². The van der Waals surface area contributed by atoms with Gasteiger partial charge in [-0.25, -0.2) is 4.79 Å². The number of hydrogen-bond acceptors (Lipinski definition) is 4. The van der Waals surface area contributed by atoms with Gasteiger partial charge in [0.1, 0.15) is 0 Å². The molecule has 0 aliphatic rings. The number of ketones is 1. The number of Topliss-reactive ketones (excluding diaryl/α,β-unsaturated/α-hetero) is 1. The maximum absolute atomic E-state index is 12.9. The number of carbonyl (C=O) groups is 3. The maximum atomic E-state index is 12.9. The Morgan fingerprint density at radius 3 is 1.70 bits per heavy atom. The van der Waals surface area contributed by atoms with Crippen molar-refractivity contribution in [3.8, 4) is 0 Å². The Balaban J connectivity index is 2.11. The van der Waals surface area contributed by atoms with Crippen molar-refractivity contribution in [2.45, 2.75) is 33.1 Å². The molecule has 0 radical (unpaired) electrons. The molecule has 0 aromatic heterocycles. The molecule has 2 rings (SSSR count). The van der Waals surface area contributed by atoms with Crippen LogP contribution in [0.4, 0.5) is 32.0 Å². The molecule has 0 atom stereocenters. The molecule has 11 heteroatoms. The third-order valence-electron chi connectivity index (χ3n) is 4.30. The lowest BCUT2D eigenvalue weighted by atomic mass is 9.95. The lowest BCUT2D eigenvalue weighted by Gasteiger charge is -2.17. The van der Waals surface area contributed by atoms with Crippen molar-refractivity contribution in [2.24, 2.45) is 5.41 Å². The van der Waals surface area contributed by atoms with Crippen molar-refractivity contribution in [3.63, 3.8) is 0 Å². The summed E-state index contributed by atoms with van der Waals surface area (Å²) < 4.78 is 82.1. The second-order valence-electron chi connectivity index (χ2n) is 8.08. The number of rotatable bonds is 5. The molecule has 5 nitrogen and oxygen atoms in total. The van der Waals surface area contributed by atoms with Crippen molar-refractivity contribution in [1.82, 2.24) is 0 Å². The van der Waals surface area contributed by atoms with E-state index >= 15 is 0 Å². The molecule has 1 amide bonds. The van der Waals surface area contributed by atoms with E-state index in [2.05, 4.69) is 10.1 Å². The molecule has 0 aliphatic heterocycles. The molecular formula is C22H19F6NO4. The third kappa shape index (κ3) is 7.06. The first-order valence-electron chi connectivity index (χ1n) is 9.40. The molecule has 2 aromatic carbocycles. The van der Waals surface area contributed by atoms with Crippen molar-refractivity contribution in [2.75, 3.05) is 11.9 Å². The summed E-state index contributed by atoms with van der Waals surface area (Å²) in [4.78, 5) is 36.2.